The maximum absolute atomic E-state index is 12.4. The molecule has 2 aromatic rings. The Balaban J connectivity index is 1.49. The molecule has 7 nitrogen and oxygen atoms in total. The first-order valence-corrected chi connectivity index (χ1v) is 8.36. The summed E-state index contributed by atoms with van der Waals surface area (Å²) >= 11 is 0. The summed E-state index contributed by atoms with van der Waals surface area (Å²) in [5, 5.41) is 3.21. The van der Waals surface area contributed by atoms with Crippen molar-refractivity contribution in [2.45, 2.75) is 13.0 Å². The van der Waals surface area contributed by atoms with Crippen molar-refractivity contribution in [1.29, 1.82) is 0 Å². The van der Waals surface area contributed by atoms with Crippen molar-refractivity contribution in [3.63, 3.8) is 0 Å². The quantitative estimate of drug-likeness (QED) is 0.863. The molecule has 2 aromatic heterocycles. The van der Waals surface area contributed by atoms with Crippen LogP contribution < -0.4 is 10.1 Å². The van der Waals surface area contributed by atoms with Crippen LogP contribution in [0.25, 0.3) is 0 Å². The van der Waals surface area contributed by atoms with E-state index in [1.807, 2.05) is 25.1 Å². The van der Waals surface area contributed by atoms with E-state index in [0.29, 0.717) is 44.2 Å². The van der Waals surface area contributed by atoms with Gasteiger partial charge in [0.05, 0.1) is 31.5 Å². The van der Waals surface area contributed by atoms with Gasteiger partial charge < -0.3 is 19.7 Å². The van der Waals surface area contributed by atoms with Crippen LogP contribution in [0.5, 0.6) is 5.75 Å². The van der Waals surface area contributed by atoms with Gasteiger partial charge in [0.15, 0.2) is 0 Å². The standard InChI is InChI=1S/C18H22N4O3/c1-14(25-16-3-2-6-19-13-16)11-20-17-5-4-15(12-21-17)18(23)22-7-9-24-10-8-22/h2-6,12-14H,7-11H2,1H3,(H,20,21). The minimum absolute atomic E-state index is 0.00405. The van der Waals surface area contributed by atoms with Gasteiger partial charge in [0, 0.05) is 25.5 Å². The molecule has 3 rings (SSSR count). The summed E-state index contributed by atoms with van der Waals surface area (Å²) in [5.41, 5.74) is 0.590. The Kier molecular flexibility index (Phi) is 5.79. The first-order valence-electron chi connectivity index (χ1n) is 8.36. The maximum atomic E-state index is 12.4. The van der Waals surface area contributed by atoms with Crippen molar-refractivity contribution in [2.24, 2.45) is 0 Å². The molecule has 25 heavy (non-hydrogen) atoms. The number of carbonyl (C=O) groups excluding carboxylic acids is 1. The average Bonchev–Trinajstić information content (AvgIpc) is 2.68. The Morgan fingerprint density at radius 1 is 1.32 bits per heavy atom. The molecule has 1 aliphatic heterocycles. The van der Waals surface area contributed by atoms with Crippen LogP contribution in [0, 0.1) is 0 Å². The van der Waals surface area contributed by atoms with E-state index in [-0.39, 0.29) is 12.0 Å². The molecule has 1 saturated heterocycles. The molecule has 0 spiro atoms. The Morgan fingerprint density at radius 2 is 2.16 bits per heavy atom. The maximum Gasteiger partial charge on any atom is 0.255 e. The highest BCUT2D eigenvalue weighted by Gasteiger charge is 2.18. The SMILES string of the molecule is CC(CNc1ccc(C(=O)N2CCOCC2)cn1)Oc1cccnc1. The highest BCUT2D eigenvalue weighted by atomic mass is 16.5. The lowest BCUT2D eigenvalue weighted by atomic mass is 10.2. The molecule has 132 valence electrons. The molecule has 0 saturated carbocycles. The number of nitrogens with zero attached hydrogens (tertiary/aromatic N) is 3. The fraction of sp³-hybridized carbons (Fsp3) is 0.389. The van der Waals surface area contributed by atoms with Gasteiger partial charge in [0.25, 0.3) is 5.91 Å². The van der Waals surface area contributed by atoms with Crippen molar-refractivity contribution in [1.82, 2.24) is 14.9 Å². The van der Waals surface area contributed by atoms with Gasteiger partial charge in [-0.3, -0.25) is 9.78 Å². The molecule has 3 heterocycles. The zero-order chi connectivity index (χ0) is 17.5. The molecule has 7 heteroatoms. The number of morpholine rings is 1. The Labute approximate surface area is 147 Å². The van der Waals surface area contributed by atoms with E-state index in [1.165, 1.54) is 0 Å². The number of ether oxygens (including phenoxy) is 2. The van der Waals surface area contributed by atoms with Crippen LogP contribution in [-0.4, -0.2) is 59.7 Å². The van der Waals surface area contributed by atoms with Crippen molar-refractivity contribution in [3.05, 3.63) is 48.4 Å². The number of hydrogen-bond donors (Lipinski definition) is 1. The highest BCUT2D eigenvalue weighted by Crippen LogP contribution is 2.12. The first kappa shape index (κ1) is 17.2. The number of aromatic nitrogens is 2. The van der Waals surface area contributed by atoms with Gasteiger partial charge in [0.1, 0.15) is 17.7 Å². The second-order valence-corrected chi connectivity index (χ2v) is 5.83. The predicted molar refractivity (Wildman–Crippen MR) is 93.8 cm³/mol. The molecule has 1 aliphatic rings. The number of nitrogens with one attached hydrogen (secondary N) is 1. The lowest BCUT2D eigenvalue weighted by Crippen LogP contribution is -2.40. The third-order valence-electron chi connectivity index (χ3n) is 3.85. The number of pyridine rings is 2. The number of rotatable bonds is 6. The molecule has 0 aromatic carbocycles. The van der Waals surface area contributed by atoms with Gasteiger partial charge in [-0.2, -0.15) is 0 Å². The summed E-state index contributed by atoms with van der Waals surface area (Å²) in [5.74, 6) is 1.44. The van der Waals surface area contributed by atoms with Gasteiger partial charge in [-0.25, -0.2) is 4.98 Å². The number of hydrogen-bond acceptors (Lipinski definition) is 6. The highest BCUT2D eigenvalue weighted by molar-refractivity contribution is 5.94. The van der Waals surface area contributed by atoms with Crippen LogP contribution in [0.1, 0.15) is 17.3 Å². The van der Waals surface area contributed by atoms with Crippen LogP contribution in [0.3, 0.4) is 0 Å². The first-order chi connectivity index (χ1) is 12.2. The summed E-state index contributed by atoms with van der Waals surface area (Å²) in [6.07, 6.45) is 4.95. The van der Waals surface area contributed by atoms with Crippen molar-refractivity contribution < 1.29 is 14.3 Å². The molecule has 1 amide bonds. The molecular formula is C18H22N4O3. The molecular weight excluding hydrogens is 320 g/mol. The second kappa shape index (κ2) is 8.43. The van der Waals surface area contributed by atoms with E-state index in [0.717, 1.165) is 5.75 Å². The molecule has 0 radical (unpaired) electrons. The van der Waals surface area contributed by atoms with E-state index >= 15 is 0 Å². The fourth-order valence-electron chi connectivity index (χ4n) is 2.51. The van der Waals surface area contributed by atoms with Gasteiger partial charge in [-0.05, 0) is 31.2 Å². The summed E-state index contributed by atoms with van der Waals surface area (Å²) < 4.78 is 11.0. The molecule has 1 N–H and O–H groups in total. The molecule has 1 fully saturated rings. The van der Waals surface area contributed by atoms with Crippen molar-refractivity contribution in [3.8, 4) is 5.75 Å². The van der Waals surface area contributed by atoms with Crippen molar-refractivity contribution in [2.75, 3.05) is 38.2 Å². The van der Waals surface area contributed by atoms with E-state index in [4.69, 9.17) is 9.47 Å². The smallest absolute Gasteiger partial charge is 0.255 e. The topological polar surface area (TPSA) is 76.6 Å². The minimum atomic E-state index is -0.0411. The molecule has 0 aliphatic carbocycles. The van der Waals surface area contributed by atoms with Crippen LogP contribution in [0.2, 0.25) is 0 Å². The number of amides is 1. The van der Waals surface area contributed by atoms with Gasteiger partial charge in [-0.1, -0.05) is 0 Å². The van der Waals surface area contributed by atoms with Gasteiger partial charge >= 0.3 is 0 Å². The largest absolute Gasteiger partial charge is 0.487 e. The van der Waals surface area contributed by atoms with Gasteiger partial charge in [-0.15, -0.1) is 0 Å². The zero-order valence-corrected chi connectivity index (χ0v) is 14.2. The second-order valence-electron chi connectivity index (χ2n) is 5.83. The molecule has 1 unspecified atom stereocenters. The van der Waals surface area contributed by atoms with Crippen LogP contribution in [-0.2, 0) is 4.74 Å². The fourth-order valence-corrected chi connectivity index (χ4v) is 2.51. The molecule has 1 atom stereocenters. The number of anilines is 1. The van der Waals surface area contributed by atoms with Gasteiger partial charge in [0.2, 0.25) is 0 Å². The van der Waals surface area contributed by atoms with E-state index in [2.05, 4.69) is 15.3 Å². The summed E-state index contributed by atoms with van der Waals surface area (Å²) in [6, 6.07) is 7.30. The Morgan fingerprint density at radius 3 is 2.84 bits per heavy atom. The lowest BCUT2D eigenvalue weighted by molar-refractivity contribution is 0.0302. The Hall–Kier alpha value is -2.67. The normalized spacial score (nSPS) is 15.5. The average molecular weight is 342 g/mol. The third kappa shape index (κ3) is 4.90. The Bertz CT molecular complexity index is 672. The zero-order valence-electron chi connectivity index (χ0n) is 14.2. The summed E-state index contributed by atoms with van der Waals surface area (Å²) in [6.45, 7) is 5.00. The summed E-state index contributed by atoms with van der Waals surface area (Å²) in [4.78, 5) is 22.5. The number of carbonyl (C=O) groups is 1. The minimum Gasteiger partial charge on any atom is -0.487 e. The monoisotopic (exact) mass is 342 g/mol. The predicted octanol–water partition coefficient (Wildman–Crippen LogP) is 1.83. The van der Waals surface area contributed by atoms with Crippen LogP contribution >= 0.6 is 0 Å². The van der Waals surface area contributed by atoms with Crippen LogP contribution in [0.4, 0.5) is 5.82 Å². The lowest BCUT2D eigenvalue weighted by Gasteiger charge is -2.26. The van der Waals surface area contributed by atoms with E-state index in [1.54, 1.807) is 29.6 Å². The van der Waals surface area contributed by atoms with Crippen molar-refractivity contribution >= 4 is 11.7 Å². The van der Waals surface area contributed by atoms with E-state index in [9.17, 15) is 4.79 Å². The van der Waals surface area contributed by atoms with Crippen LogP contribution in [0.15, 0.2) is 42.9 Å². The molecule has 0 bridgehead atoms. The van der Waals surface area contributed by atoms with E-state index < -0.39 is 0 Å². The third-order valence-corrected chi connectivity index (χ3v) is 3.85. The summed E-state index contributed by atoms with van der Waals surface area (Å²) in [7, 11) is 0.